The van der Waals surface area contributed by atoms with E-state index >= 15 is 0 Å². The highest BCUT2D eigenvalue weighted by atomic mass is 32.2. The molecule has 2 N–H and O–H groups in total. The average Bonchev–Trinajstić information content (AvgIpc) is 2.38. The minimum atomic E-state index is -3.49. The molecule has 1 rings (SSSR count). The Morgan fingerprint density at radius 1 is 1.11 bits per heavy atom. The van der Waals surface area contributed by atoms with Crippen molar-refractivity contribution in [2.24, 2.45) is 0 Å². The molecule has 1 heterocycles. The summed E-state index contributed by atoms with van der Waals surface area (Å²) in [7, 11) is -2.19. The molecule has 0 aromatic heterocycles. The molecule has 110 valence electrons. The van der Waals surface area contributed by atoms with E-state index in [-0.39, 0.29) is 24.8 Å². The van der Waals surface area contributed by atoms with E-state index in [9.17, 15) is 18.0 Å². The van der Waals surface area contributed by atoms with Crippen LogP contribution in [0.5, 0.6) is 0 Å². The number of carbonyl (C=O) groups excluding carboxylic acids is 2. The summed E-state index contributed by atoms with van der Waals surface area (Å²) in [5.41, 5.74) is 0. The SMILES string of the molecule is CNS(=O)(=O)NCCC(=O)N1CCN(C(C)=O)CC1. The topological polar surface area (TPSA) is 98.8 Å². The predicted molar refractivity (Wildman–Crippen MR) is 69.4 cm³/mol. The Kier molecular flexibility index (Phi) is 5.70. The summed E-state index contributed by atoms with van der Waals surface area (Å²) in [6.07, 6.45) is 0.112. The molecule has 0 radical (unpaired) electrons. The van der Waals surface area contributed by atoms with E-state index in [1.807, 2.05) is 0 Å². The van der Waals surface area contributed by atoms with Gasteiger partial charge in [0, 0.05) is 53.1 Å². The van der Waals surface area contributed by atoms with Crippen LogP contribution in [0.3, 0.4) is 0 Å². The van der Waals surface area contributed by atoms with Crippen LogP contribution in [0.25, 0.3) is 0 Å². The molecule has 1 saturated heterocycles. The lowest BCUT2D eigenvalue weighted by atomic mass is 10.3. The summed E-state index contributed by atoms with van der Waals surface area (Å²) < 4.78 is 26.5. The molecule has 0 atom stereocenters. The average molecular weight is 292 g/mol. The number of piperazine rings is 1. The number of hydrogen-bond acceptors (Lipinski definition) is 4. The number of carbonyl (C=O) groups is 2. The van der Waals surface area contributed by atoms with E-state index in [2.05, 4.69) is 9.44 Å². The summed E-state index contributed by atoms with van der Waals surface area (Å²) in [4.78, 5) is 26.3. The summed E-state index contributed by atoms with van der Waals surface area (Å²) >= 11 is 0. The summed E-state index contributed by atoms with van der Waals surface area (Å²) in [5.74, 6) is -0.101. The lowest BCUT2D eigenvalue weighted by molar-refractivity contribution is -0.138. The second kappa shape index (κ2) is 6.83. The van der Waals surface area contributed by atoms with Gasteiger partial charge in [-0.2, -0.15) is 8.42 Å². The molecule has 0 aliphatic carbocycles. The van der Waals surface area contributed by atoms with Crippen molar-refractivity contribution >= 4 is 22.0 Å². The first-order chi connectivity index (χ1) is 8.85. The molecule has 0 saturated carbocycles. The van der Waals surface area contributed by atoms with Crippen LogP contribution in [-0.4, -0.2) is 69.8 Å². The third kappa shape index (κ3) is 5.13. The standard InChI is InChI=1S/C10H20N4O4S/c1-9(15)13-5-7-14(8-6-13)10(16)3-4-12-19(17,18)11-2/h11-12H,3-8H2,1-2H3. The molecule has 1 fully saturated rings. The molecule has 0 spiro atoms. The van der Waals surface area contributed by atoms with Crippen LogP contribution in [0, 0.1) is 0 Å². The number of rotatable bonds is 5. The number of nitrogens with zero attached hydrogens (tertiary/aromatic N) is 2. The molecule has 19 heavy (non-hydrogen) atoms. The molecular formula is C10H20N4O4S. The maximum Gasteiger partial charge on any atom is 0.276 e. The Bertz CT molecular complexity index is 429. The van der Waals surface area contributed by atoms with Crippen LogP contribution in [-0.2, 0) is 19.8 Å². The van der Waals surface area contributed by atoms with Crippen LogP contribution in [0.4, 0.5) is 0 Å². The number of nitrogens with one attached hydrogen (secondary N) is 2. The van der Waals surface area contributed by atoms with Crippen molar-refractivity contribution in [1.82, 2.24) is 19.2 Å². The molecule has 1 aliphatic rings. The van der Waals surface area contributed by atoms with E-state index in [1.54, 1.807) is 9.80 Å². The Morgan fingerprint density at radius 2 is 1.63 bits per heavy atom. The highest BCUT2D eigenvalue weighted by molar-refractivity contribution is 7.87. The molecule has 0 unspecified atom stereocenters. The van der Waals surface area contributed by atoms with E-state index in [0.29, 0.717) is 26.2 Å². The first-order valence-electron chi connectivity index (χ1n) is 6.07. The van der Waals surface area contributed by atoms with E-state index in [1.165, 1.54) is 14.0 Å². The van der Waals surface area contributed by atoms with Crippen LogP contribution >= 0.6 is 0 Å². The normalized spacial score (nSPS) is 16.5. The first-order valence-corrected chi connectivity index (χ1v) is 7.55. The van der Waals surface area contributed by atoms with Crippen molar-refractivity contribution in [3.8, 4) is 0 Å². The molecule has 1 aliphatic heterocycles. The molecule has 9 heteroatoms. The Balaban J connectivity index is 2.30. The van der Waals surface area contributed by atoms with Crippen LogP contribution < -0.4 is 9.44 Å². The van der Waals surface area contributed by atoms with Gasteiger partial charge in [0.2, 0.25) is 11.8 Å². The fourth-order valence-electron chi connectivity index (χ4n) is 1.79. The van der Waals surface area contributed by atoms with Crippen molar-refractivity contribution in [2.75, 3.05) is 39.8 Å². The highest BCUT2D eigenvalue weighted by Crippen LogP contribution is 2.03. The second-order valence-electron chi connectivity index (χ2n) is 4.24. The molecule has 0 aromatic carbocycles. The number of hydrogen-bond donors (Lipinski definition) is 2. The van der Waals surface area contributed by atoms with Gasteiger partial charge in [-0.1, -0.05) is 0 Å². The van der Waals surface area contributed by atoms with Crippen molar-refractivity contribution in [3.63, 3.8) is 0 Å². The van der Waals surface area contributed by atoms with Gasteiger partial charge in [0.25, 0.3) is 10.2 Å². The molecule has 0 aromatic rings. The van der Waals surface area contributed by atoms with Crippen LogP contribution in [0.15, 0.2) is 0 Å². The lowest BCUT2D eigenvalue weighted by Crippen LogP contribution is -2.50. The van der Waals surface area contributed by atoms with E-state index in [0.717, 1.165) is 0 Å². The van der Waals surface area contributed by atoms with Gasteiger partial charge in [0.05, 0.1) is 0 Å². The Hall–Kier alpha value is -1.19. The molecular weight excluding hydrogens is 272 g/mol. The van der Waals surface area contributed by atoms with Gasteiger partial charge in [-0.3, -0.25) is 9.59 Å². The lowest BCUT2D eigenvalue weighted by Gasteiger charge is -2.34. The minimum Gasteiger partial charge on any atom is -0.339 e. The number of amides is 2. The molecule has 2 amide bonds. The van der Waals surface area contributed by atoms with Crippen molar-refractivity contribution in [2.45, 2.75) is 13.3 Å². The third-order valence-electron chi connectivity index (χ3n) is 2.98. The Morgan fingerprint density at radius 3 is 2.11 bits per heavy atom. The zero-order valence-corrected chi connectivity index (χ0v) is 12.0. The maximum absolute atomic E-state index is 11.8. The second-order valence-corrected chi connectivity index (χ2v) is 5.94. The van der Waals surface area contributed by atoms with Gasteiger partial charge in [0.1, 0.15) is 0 Å². The third-order valence-corrected chi connectivity index (χ3v) is 4.10. The van der Waals surface area contributed by atoms with Gasteiger partial charge < -0.3 is 9.80 Å². The fraction of sp³-hybridized carbons (Fsp3) is 0.800. The Labute approximate surface area is 113 Å². The minimum absolute atomic E-state index is 0.00822. The van der Waals surface area contributed by atoms with Gasteiger partial charge in [-0.05, 0) is 0 Å². The van der Waals surface area contributed by atoms with Crippen molar-refractivity contribution in [1.29, 1.82) is 0 Å². The smallest absolute Gasteiger partial charge is 0.276 e. The van der Waals surface area contributed by atoms with Crippen LogP contribution in [0.2, 0.25) is 0 Å². The maximum atomic E-state index is 11.8. The summed E-state index contributed by atoms with van der Waals surface area (Å²) in [6.45, 7) is 3.62. The monoisotopic (exact) mass is 292 g/mol. The predicted octanol–water partition coefficient (Wildman–Crippen LogP) is -1.88. The fourth-order valence-corrected chi connectivity index (χ4v) is 2.31. The highest BCUT2D eigenvalue weighted by Gasteiger charge is 2.22. The largest absolute Gasteiger partial charge is 0.339 e. The van der Waals surface area contributed by atoms with E-state index in [4.69, 9.17) is 0 Å². The van der Waals surface area contributed by atoms with Gasteiger partial charge >= 0.3 is 0 Å². The van der Waals surface area contributed by atoms with Crippen LogP contribution in [0.1, 0.15) is 13.3 Å². The van der Waals surface area contributed by atoms with Gasteiger partial charge in [-0.25, -0.2) is 9.44 Å². The van der Waals surface area contributed by atoms with Gasteiger partial charge in [0.15, 0.2) is 0 Å². The van der Waals surface area contributed by atoms with Gasteiger partial charge in [-0.15, -0.1) is 0 Å². The zero-order chi connectivity index (χ0) is 14.5. The van der Waals surface area contributed by atoms with Crippen molar-refractivity contribution in [3.05, 3.63) is 0 Å². The quantitative estimate of drug-likeness (QED) is 0.619. The molecule has 8 nitrogen and oxygen atoms in total. The van der Waals surface area contributed by atoms with E-state index < -0.39 is 10.2 Å². The first kappa shape index (κ1) is 15.9. The zero-order valence-electron chi connectivity index (χ0n) is 11.2. The summed E-state index contributed by atoms with van der Waals surface area (Å²) in [6, 6.07) is 0. The van der Waals surface area contributed by atoms with Crippen molar-refractivity contribution < 1.29 is 18.0 Å². The summed E-state index contributed by atoms with van der Waals surface area (Å²) in [5, 5.41) is 0. The molecule has 0 bridgehead atoms.